The van der Waals surface area contributed by atoms with Crippen LogP contribution >= 0.6 is 0 Å². The Morgan fingerprint density at radius 2 is 1.60 bits per heavy atom. The molecule has 0 aliphatic heterocycles. The summed E-state index contributed by atoms with van der Waals surface area (Å²) in [4.78, 5) is 4.28. The summed E-state index contributed by atoms with van der Waals surface area (Å²) in [5.41, 5.74) is 1.75. The maximum atomic E-state index is 11.1. The standard InChI is InChI=1S/C15H14N2O2S/c16-20(18,19)15-10-8-14(9-11-15)17-12-4-7-13-5-2-1-3-6-13/h1-12H,(H2,16,18,19)/b7-4+,17-12?. The summed E-state index contributed by atoms with van der Waals surface area (Å²) in [6, 6.07) is 15.9. The predicted molar refractivity (Wildman–Crippen MR) is 81.4 cm³/mol. The van der Waals surface area contributed by atoms with Crippen LogP contribution in [0.2, 0.25) is 0 Å². The van der Waals surface area contributed by atoms with Gasteiger partial charge in [0.2, 0.25) is 10.0 Å². The van der Waals surface area contributed by atoms with Gasteiger partial charge in [0.1, 0.15) is 0 Å². The second-order valence-corrected chi connectivity index (χ2v) is 5.65. The molecule has 0 spiro atoms. The molecule has 0 aliphatic carbocycles. The molecule has 0 aromatic heterocycles. The van der Waals surface area contributed by atoms with Gasteiger partial charge in [-0.2, -0.15) is 0 Å². The van der Waals surface area contributed by atoms with Gasteiger partial charge in [0.15, 0.2) is 0 Å². The number of allylic oxidation sites excluding steroid dienone is 1. The molecule has 0 saturated carbocycles. The lowest BCUT2D eigenvalue weighted by Gasteiger charge is -1.97. The number of rotatable bonds is 4. The second kappa shape index (κ2) is 6.27. The predicted octanol–water partition coefficient (Wildman–Crippen LogP) is 2.75. The van der Waals surface area contributed by atoms with Gasteiger partial charge in [-0.3, -0.25) is 4.99 Å². The Morgan fingerprint density at radius 3 is 2.20 bits per heavy atom. The Morgan fingerprint density at radius 1 is 0.950 bits per heavy atom. The quantitative estimate of drug-likeness (QED) is 0.878. The van der Waals surface area contributed by atoms with Crippen LogP contribution in [0.15, 0.2) is 70.6 Å². The van der Waals surface area contributed by atoms with Crippen LogP contribution in [0.1, 0.15) is 5.56 Å². The van der Waals surface area contributed by atoms with Crippen molar-refractivity contribution in [2.45, 2.75) is 4.90 Å². The van der Waals surface area contributed by atoms with Gasteiger partial charge in [0, 0.05) is 6.21 Å². The maximum Gasteiger partial charge on any atom is 0.238 e. The second-order valence-electron chi connectivity index (χ2n) is 4.09. The first-order valence-electron chi connectivity index (χ1n) is 5.94. The van der Waals surface area contributed by atoms with Crippen molar-refractivity contribution in [1.82, 2.24) is 0 Å². The lowest BCUT2D eigenvalue weighted by Crippen LogP contribution is -2.11. The molecule has 0 saturated heterocycles. The van der Waals surface area contributed by atoms with Crippen LogP contribution in [0.3, 0.4) is 0 Å². The van der Waals surface area contributed by atoms with E-state index in [2.05, 4.69) is 4.99 Å². The summed E-state index contributed by atoms with van der Waals surface area (Å²) in [6.07, 6.45) is 5.41. The molecule has 0 unspecified atom stereocenters. The molecule has 0 amide bonds. The van der Waals surface area contributed by atoms with E-state index in [1.165, 1.54) is 12.1 Å². The van der Waals surface area contributed by atoms with E-state index in [1.807, 2.05) is 42.5 Å². The minimum atomic E-state index is -3.65. The van der Waals surface area contributed by atoms with E-state index >= 15 is 0 Å². The number of hydrogen-bond acceptors (Lipinski definition) is 3. The monoisotopic (exact) mass is 286 g/mol. The Bertz CT molecular complexity index is 718. The van der Waals surface area contributed by atoms with Crippen LogP contribution in [-0.2, 0) is 10.0 Å². The lowest BCUT2D eigenvalue weighted by atomic mass is 10.2. The Labute approximate surface area is 118 Å². The van der Waals surface area contributed by atoms with Crippen molar-refractivity contribution >= 4 is 28.0 Å². The Kier molecular flexibility index (Phi) is 4.45. The van der Waals surface area contributed by atoms with Crippen LogP contribution < -0.4 is 5.14 Å². The summed E-state index contributed by atoms with van der Waals surface area (Å²) in [5.74, 6) is 0. The molecular weight excluding hydrogens is 272 g/mol. The molecule has 0 heterocycles. The van der Waals surface area contributed by atoms with E-state index in [0.29, 0.717) is 5.69 Å². The number of nitrogens with zero attached hydrogens (tertiary/aromatic N) is 1. The summed E-state index contributed by atoms with van der Waals surface area (Å²) in [6.45, 7) is 0. The van der Waals surface area contributed by atoms with Crippen LogP contribution in [0.4, 0.5) is 5.69 Å². The Balaban J connectivity index is 2.04. The number of benzene rings is 2. The lowest BCUT2D eigenvalue weighted by molar-refractivity contribution is 0.598. The topological polar surface area (TPSA) is 72.5 Å². The van der Waals surface area contributed by atoms with Gasteiger partial charge in [-0.1, -0.05) is 36.4 Å². The van der Waals surface area contributed by atoms with Crippen LogP contribution in [-0.4, -0.2) is 14.6 Å². The average molecular weight is 286 g/mol. The van der Waals surface area contributed by atoms with Gasteiger partial charge in [0.05, 0.1) is 10.6 Å². The molecule has 0 fully saturated rings. The van der Waals surface area contributed by atoms with Crippen LogP contribution in [0, 0.1) is 0 Å². The molecule has 2 N–H and O–H groups in total. The van der Waals surface area contributed by atoms with Gasteiger partial charge < -0.3 is 0 Å². The van der Waals surface area contributed by atoms with Gasteiger partial charge >= 0.3 is 0 Å². The molecule has 2 rings (SSSR count). The fourth-order valence-electron chi connectivity index (χ4n) is 1.57. The molecule has 0 radical (unpaired) electrons. The molecule has 0 bridgehead atoms. The van der Waals surface area contributed by atoms with E-state index < -0.39 is 10.0 Å². The van der Waals surface area contributed by atoms with Crippen molar-refractivity contribution < 1.29 is 8.42 Å². The zero-order valence-corrected chi connectivity index (χ0v) is 11.5. The zero-order valence-electron chi connectivity index (χ0n) is 10.7. The minimum Gasteiger partial charge on any atom is -0.257 e. The first-order chi connectivity index (χ1) is 9.55. The van der Waals surface area contributed by atoms with Crippen molar-refractivity contribution in [3.8, 4) is 0 Å². The molecule has 102 valence electrons. The van der Waals surface area contributed by atoms with Gasteiger partial charge in [-0.15, -0.1) is 0 Å². The van der Waals surface area contributed by atoms with Gasteiger partial charge in [-0.25, -0.2) is 13.6 Å². The summed E-state index contributed by atoms with van der Waals surface area (Å²) < 4.78 is 22.2. The first kappa shape index (κ1) is 14.2. The number of hydrogen-bond donors (Lipinski definition) is 1. The van der Waals surface area contributed by atoms with E-state index in [4.69, 9.17) is 5.14 Å². The maximum absolute atomic E-state index is 11.1. The highest BCUT2D eigenvalue weighted by atomic mass is 32.2. The highest BCUT2D eigenvalue weighted by Crippen LogP contribution is 2.15. The van der Waals surface area contributed by atoms with Crippen molar-refractivity contribution in [1.29, 1.82) is 0 Å². The van der Waals surface area contributed by atoms with Crippen molar-refractivity contribution in [3.63, 3.8) is 0 Å². The number of primary sulfonamides is 1. The third kappa shape index (κ3) is 4.15. The fourth-order valence-corrected chi connectivity index (χ4v) is 2.08. The number of nitrogens with two attached hydrogens (primary N) is 1. The smallest absolute Gasteiger partial charge is 0.238 e. The van der Waals surface area contributed by atoms with Gasteiger partial charge in [-0.05, 0) is 35.9 Å². The van der Waals surface area contributed by atoms with Crippen LogP contribution in [0.25, 0.3) is 6.08 Å². The summed E-state index contributed by atoms with van der Waals surface area (Å²) in [5, 5.41) is 5.02. The van der Waals surface area contributed by atoms with Crippen molar-refractivity contribution in [3.05, 3.63) is 66.2 Å². The Hall–Kier alpha value is -2.24. The summed E-state index contributed by atoms with van der Waals surface area (Å²) >= 11 is 0. The molecule has 2 aromatic rings. The molecule has 0 aliphatic rings. The van der Waals surface area contributed by atoms with Crippen LogP contribution in [0.5, 0.6) is 0 Å². The van der Waals surface area contributed by atoms with Gasteiger partial charge in [0.25, 0.3) is 0 Å². The molecule has 4 nitrogen and oxygen atoms in total. The first-order valence-corrected chi connectivity index (χ1v) is 7.49. The van der Waals surface area contributed by atoms with Crippen molar-refractivity contribution in [2.24, 2.45) is 10.1 Å². The number of aliphatic imine (C=N–C) groups is 1. The molecular formula is C15H14N2O2S. The summed E-state index contributed by atoms with van der Waals surface area (Å²) in [7, 11) is -3.65. The van der Waals surface area contributed by atoms with E-state index in [9.17, 15) is 8.42 Å². The minimum absolute atomic E-state index is 0.0799. The molecule has 20 heavy (non-hydrogen) atoms. The SMILES string of the molecule is NS(=O)(=O)c1ccc(N=C/C=C/c2ccccc2)cc1. The zero-order chi connectivity index (χ0) is 14.4. The highest BCUT2D eigenvalue weighted by molar-refractivity contribution is 7.89. The third-order valence-corrected chi connectivity index (χ3v) is 3.49. The molecule has 2 aromatic carbocycles. The van der Waals surface area contributed by atoms with Crippen molar-refractivity contribution in [2.75, 3.05) is 0 Å². The molecule has 5 heteroatoms. The fraction of sp³-hybridized carbons (Fsp3) is 0. The largest absolute Gasteiger partial charge is 0.257 e. The van der Waals surface area contributed by atoms with E-state index in [-0.39, 0.29) is 4.90 Å². The van der Waals surface area contributed by atoms with E-state index in [0.717, 1.165) is 5.56 Å². The third-order valence-electron chi connectivity index (χ3n) is 2.56. The highest BCUT2D eigenvalue weighted by Gasteiger charge is 2.05. The molecule has 0 atom stereocenters. The van der Waals surface area contributed by atoms with E-state index in [1.54, 1.807) is 18.3 Å². The number of sulfonamides is 1. The average Bonchev–Trinajstić information content (AvgIpc) is 2.44. The normalized spacial score (nSPS) is 12.2.